The highest BCUT2D eigenvalue weighted by molar-refractivity contribution is 5.58. The maximum absolute atomic E-state index is 10.4. The predicted molar refractivity (Wildman–Crippen MR) is 81.4 cm³/mol. The van der Waals surface area contributed by atoms with Gasteiger partial charge in [-0.25, -0.2) is 0 Å². The predicted octanol–water partition coefficient (Wildman–Crippen LogP) is 4.57. The first-order valence-corrected chi connectivity index (χ1v) is 7.61. The number of hydrogen-bond acceptors (Lipinski definition) is 2. The molecule has 0 aliphatic rings. The number of unbranched alkanes of at least 4 members (excludes halogenated alkanes) is 1. The molecule has 1 aromatic carbocycles. The summed E-state index contributed by atoms with van der Waals surface area (Å²) in [6, 6.07) is 0. The van der Waals surface area contributed by atoms with Crippen molar-refractivity contribution in [2.45, 2.75) is 66.7 Å². The molecular weight excluding hydrogens is 236 g/mol. The van der Waals surface area contributed by atoms with Gasteiger partial charge in [0.05, 0.1) is 6.61 Å². The summed E-state index contributed by atoms with van der Waals surface area (Å²) >= 11 is 0. The average molecular weight is 264 g/mol. The van der Waals surface area contributed by atoms with Crippen molar-refractivity contribution >= 4 is 0 Å². The van der Waals surface area contributed by atoms with Crippen molar-refractivity contribution in [3.8, 4) is 11.5 Å². The lowest BCUT2D eigenvalue weighted by molar-refractivity contribution is 0.302. The molecule has 108 valence electrons. The van der Waals surface area contributed by atoms with Gasteiger partial charge in [0, 0.05) is 16.7 Å². The van der Waals surface area contributed by atoms with Crippen molar-refractivity contribution in [2.24, 2.45) is 0 Å². The maximum atomic E-state index is 10.4. The van der Waals surface area contributed by atoms with Crippen LogP contribution in [0.15, 0.2) is 0 Å². The van der Waals surface area contributed by atoms with E-state index in [9.17, 15) is 5.11 Å². The Morgan fingerprint density at radius 2 is 1.47 bits per heavy atom. The van der Waals surface area contributed by atoms with E-state index in [1.165, 1.54) is 5.56 Å². The van der Waals surface area contributed by atoms with Gasteiger partial charge in [0.25, 0.3) is 0 Å². The summed E-state index contributed by atoms with van der Waals surface area (Å²) < 4.78 is 6.03. The summed E-state index contributed by atoms with van der Waals surface area (Å²) in [5, 5.41) is 10.4. The van der Waals surface area contributed by atoms with Crippen molar-refractivity contribution in [3.05, 3.63) is 22.3 Å². The monoisotopic (exact) mass is 264 g/mol. The minimum atomic E-state index is 0.488. The lowest BCUT2D eigenvalue weighted by Crippen LogP contribution is -2.07. The van der Waals surface area contributed by atoms with Crippen LogP contribution < -0.4 is 4.74 Å². The minimum absolute atomic E-state index is 0.488. The third kappa shape index (κ3) is 3.23. The largest absolute Gasteiger partial charge is 0.507 e. The first-order chi connectivity index (χ1) is 9.12. The van der Waals surface area contributed by atoms with Gasteiger partial charge in [-0.3, -0.25) is 0 Å². The van der Waals surface area contributed by atoms with Crippen LogP contribution in [0, 0.1) is 6.92 Å². The number of phenols is 1. The molecule has 0 aliphatic carbocycles. The van der Waals surface area contributed by atoms with Gasteiger partial charge >= 0.3 is 0 Å². The minimum Gasteiger partial charge on any atom is -0.507 e. The quantitative estimate of drug-likeness (QED) is 0.731. The molecule has 0 radical (unpaired) electrons. The lowest BCUT2D eigenvalue weighted by Gasteiger charge is -2.21. The van der Waals surface area contributed by atoms with E-state index < -0.39 is 0 Å². The molecule has 1 rings (SSSR count). The molecule has 0 aliphatic heterocycles. The molecule has 0 saturated heterocycles. The van der Waals surface area contributed by atoms with E-state index in [0.29, 0.717) is 5.75 Å². The third-order valence-electron chi connectivity index (χ3n) is 3.81. The topological polar surface area (TPSA) is 29.5 Å². The summed E-state index contributed by atoms with van der Waals surface area (Å²) in [6.07, 6.45) is 4.82. The highest BCUT2D eigenvalue weighted by Crippen LogP contribution is 2.39. The molecule has 0 heterocycles. The highest BCUT2D eigenvalue weighted by Gasteiger charge is 2.19. The summed E-state index contributed by atoms with van der Waals surface area (Å²) in [6.45, 7) is 11.3. The molecule has 0 unspecified atom stereocenters. The van der Waals surface area contributed by atoms with Gasteiger partial charge in [-0.05, 0) is 38.2 Å². The first kappa shape index (κ1) is 15.9. The first-order valence-electron chi connectivity index (χ1n) is 7.61. The fraction of sp³-hybridized carbons (Fsp3) is 0.647. The molecule has 1 aromatic rings. The van der Waals surface area contributed by atoms with Crippen LogP contribution in [0.1, 0.15) is 62.8 Å². The van der Waals surface area contributed by atoms with Crippen LogP contribution in [-0.2, 0) is 19.3 Å². The van der Waals surface area contributed by atoms with E-state index in [2.05, 4.69) is 34.6 Å². The number of rotatable bonds is 7. The molecule has 0 spiro atoms. The van der Waals surface area contributed by atoms with Crippen molar-refractivity contribution < 1.29 is 9.84 Å². The third-order valence-corrected chi connectivity index (χ3v) is 3.81. The van der Waals surface area contributed by atoms with Crippen molar-refractivity contribution in [2.75, 3.05) is 6.61 Å². The molecule has 0 atom stereocenters. The summed E-state index contributed by atoms with van der Waals surface area (Å²) in [5.74, 6) is 1.50. The Morgan fingerprint density at radius 3 is 1.95 bits per heavy atom. The molecular formula is C17H28O2. The number of hydrogen-bond donors (Lipinski definition) is 1. The van der Waals surface area contributed by atoms with E-state index in [1.807, 2.05) is 0 Å². The van der Waals surface area contributed by atoms with Crippen LogP contribution in [0.25, 0.3) is 0 Å². The van der Waals surface area contributed by atoms with Gasteiger partial charge < -0.3 is 9.84 Å². The van der Waals surface area contributed by atoms with Crippen LogP contribution in [0.3, 0.4) is 0 Å². The van der Waals surface area contributed by atoms with Crippen molar-refractivity contribution in [1.29, 1.82) is 0 Å². The number of phenolic OH excluding ortho intramolecular Hbond substituents is 1. The molecule has 0 saturated carbocycles. The average Bonchev–Trinajstić information content (AvgIpc) is 2.41. The molecule has 0 fully saturated rings. The molecule has 0 amide bonds. The van der Waals surface area contributed by atoms with Crippen LogP contribution in [-0.4, -0.2) is 11.7 Å². The zero-order valence-electron chi connectivity index (χ0n) is 13.1. The van der Waals surface area contributed by atoms with Crippen molar-refractivity contribution in [3.63, 3.8) is 0 Å². The Morgan fingerprint density at radius 1 is 0.895 bits per heavy atom. The van der Waals surface area contributed by atoms with Gasteiger partial charge in [0.1, 0.15) is 11.5 Å². The Balaban J connectivity index is 3.32. The Bertz CT molecular complexity index is 422. The Labute approximate surface area is 117 Å². The lowest BCUT2D eigenvalue weighted by atomic mass is 9.92. The zero-order valence-corrected chi connectivity index (χ0v) is 13.1. The normalized spacial score (nSPS) is 10.8. The van der Waals surface area contributed by atoms with E-state index in [1.54, 1.807) is 0 Å². The van der Waals surface area contributed by atoms with Crippen molar-refractivity contribution in [1.82, 2.24) is 0 Å². The second-order valence-electron chi connectivity index (χ2n) is 5.00. The second kappa shape index (κ2) is 7.42. The molecule has 0 aromatic heterocycles. The zero-order chi connectivity index (χ0) is 14.4. The summed E-state index contributed by atoms with van der Waals surface area (Å²) in [4.78, 5) is 0. The van der Waals surface area contributed by atoms with Gasteiger partial charge in [-0.1, -0.05) is 34.1 Å². The fourth-order valence-corrected chi connectivity index (χ4v) is 2.70. The second-order valence-corrected chi connectivity index (χ2v) is 5.00. The van der Waals surface area contributed by atoms with Crippen LogP contribution in [0.2, 0.25) is 0 Å². The number of aromatic hydroxyl groups is 1. The molecule has 2 nitrogen and oxygen atoms in total. The van der Waals surface area contributed by atoms with Gasteiger partial charge in [-0.15, -0.1) is 0 Å². The van der Waals surface area contributed by atoms with Crippen LogP contribution in [0.5, 0.6) is 11.5 Å². The Kier molecular flexibility index (Phi) is 6.20. The molecule has 2 heteroatoms. The molecule has 19 heavy (non-hydrogen) atoms. The summed E-state index contributed by atoms with van der Waals surface area (Å²) in [7, 11) is 0. The standard InChI is InChI=1S/C17H28O2/c1-6-10-11-19-17-12(5)13(7-2)16(18)14(8-3)15(17)9-4/h18H,6-11H2,1-5H3. The number of ether oxygens (including phenoxy) is 1. The maximum Gasteiger partial charge on any atom is 0.126 e. The van der Waals surface area contributed by atoms with Crippen LogP contribution in [0.4, 0.5) is 0 Å². The smallest absolute Gasteiger partial charge is 0.126 e. The SMILES string of the molecule is CCCCOc1c(C)c(CC)c(O)c(CC)c1CC. The number of benzene rings is 1. The molecule has 0 bridgehead atoms. The highest BCUT2D eigenvalue weighted by atomic mass is 16.5. The van der Waals surface area contributed by atoms with Crippen LogP contribution >= 0.6 is 0 Å². The molecule has 1 N–H and O–H groups in total. The summed E-state index contributed by atoms with van der Waals surface area (Å²) in [5.41, 5.74) is 4.41. The van der Waals surface area contributed by atoms with E-state index in [-0.39, 0.29) is 0 Å². The van der Waals surface area contributed by atoms with Gasteiger partial charge in [0.2, 0.25) is 0 Å². The van der Waals surface area contributed by atoms with E-state index in [0.717, 1.165) is 61.2 Å². The van der Waals surface area contributed by atoms with E-state index >= 15 is 0 Å². The van der Waals surface area contributed by atoms with E-state index in [4.69, 9.17) is 4.74 Å². The van der Waals surface area contributed by atoms with Gasteiger partial charge in [-0.2, -0.15) is 0 Å². The van der Waals surface area contributed by atoms with Gasteiger partial charge in [0.15, 0.2) is 0 Å². The fourth-order valence-electron chi connectivity index (χ4n) is 2.70. The Hall–Kier alpha value is -1.18.